The number of ether oxygens (including phenoxy) is 3. The SMILES string of the molecule is COC[C@H](C)Oc1cc(OC(=O)c2ccccc2)cc(C(=O)O)c1. The van der Waals surface area contributed by atoms with Gasteiger partial charge in [0.05, 0.1) is 17.7 Å². The summed E-state index contributed by atoms with van der Waals surface area (Å²) in [6.45, 7) is 2.13. The Labute approximate surface area is 139 Å². The Morgan fingerprint density at radius 1 is 1.04 bits per heavy atom. The Hall–Kier alpha value is -2.86. The van der Waals surface area contributed by atoms with Gasteiger partial charge < -0.3 is 19.3 Å². The van der Waals surface area contributed by atoms with Crippen LogP contribution < -0.4 is 9.47 Å². The van der Waals surface area contributed by atoms with Crippen molar-refractivity contribution in [1.29, 1.82) is 0 Å². The van der Waals surface area contributed by atoms with Crippen LogP contribution in [0.25, 0.3) is 0 Å². The van der Waals surface area contributed by atoms with Crippen LogP contribution in [0.2, 0.25) is 0 Å². The Morgan fingerprint density at radius 2 is 1.71 bits per heavy atom. The van der Waals surface area contributed by atoms with Gasteiger partial charge in [-0.15, -0.1) is 0 Å². The fourth-order valence-corrected chi connectivity index (χ4v) is 2.06. The minimum atomic E-state index is -1.14. The molecule has 2 aromatic rings. The van der Waals surface area contributed by atoms with Crippen molar-refractivity contribution in [2.75, 3.05) is 13.7 Å². The largest absolute Gasteiger partial charge is 0.488 e. The Balaban J connectivity index is 2.23. The van der Waals surface area contributed by atoms with Gasteiger partial charge in [0.1, 0.15) is 17.6 Å². The molecule has 1 N–H and O–H groups in total. The standard InChI is InChI=1S/C18H18O6/c1-12(11-22-2)23-15-8-14(17(19)20)9-16(10-15)24-18(21)13-6-4-3-5-7-13/h3-10,12H,11H2,1-2H3,(H,19,20)/t12-/m0/s1. The van der Waals surface area contributed by atoms with Crippen LogP contribution in [0.15, 0.2) is 48.5 Å². The highest BCUT2D eigenvalue weighted by molar-refractivity contribution is 5.92. The van der Waals surface area contributed by atoms with Crippen LogP contribution in [0.1, 0.15) is 27.6 Å². The molecule has 0 saturated carbocycles. The van der Waals surface area contributed by atoms with Crippen LogP contribution in [0.5, 0.6) is 11.5 Å². The van der Waals surface area contributed by atoms with E-state index < -0.39 is 11.9 Å². The van der Waals surface area contributed by atoms with Crippen LogP contribution in [0.3, 0.4) is 0 Å². The molecule has 0 aliphatic carbocycles. The summed E-state index contributed by atoms with van der Waals surface area (Å²) in [6.07, 6.45) is -0.281. The Morgan fingerprint density at radius 3 is 2.33 bits per heavy atom. The first kappa shape index (κ1) is 17.5. The number of hydrogen-bond acceptors (Lipinski definition) is 5. The molecule has 24 heavy (non-hydrogen) atoms. The van der Waals surface area contributed by atoms with Gasteiger partial charge in [-0.1, -0.05) is 18.2 Å². The van der Waals surface area contributed by atoms with Gasteiger partial charge in [0, 0.05) is 13.2 Å². The third-order valence-corrected chi connectivity index (χ3v) is 3.09. The van der Waals surface area contributed by atoms with Gasteiger partial charge in [0.15, 0.2) is 0 Å². The van der Waals surface area contributed by atoms with Gasteiger partial charge in [0.2, 0.25) is 0 Å². The van der Waals surface area contributed by atoms with E-state index in [2.05, 4.69) is 0 Å². The topological polar surface area (TPSA) is 82.1 Å². The van der Waals surface area contributed by atoms with E-state index in [1.165, 1.54) is 18.2 Å². The number of carboxylic acids is 1. The molecule has 6 heteroatoms. The third-order valence-electron chi connectivity index (χ3n) is 3.09. The van der Waals surface area contributed by atoms with Crippen molar-refractivity contribution in [3.05, 3.63) is 59.7 Å². The molecule has 0 spiro atoms. The molecule has 0 aromatic heterocycles. The van der Waals surface area contributed by atoms with E-state index in [1.54, 1.807) is 44.4 Å². The van der Waals surface area contributed by atoms with Gasteiger partial charge in [-0.05, 0) is 31.2 Å². The van der Waals surface area contributed by atoms with E-state index in [9.17, 15) is 14.7 Å². The number of hydrogen-bond donors (Lipinski definition) is 1. The molecule has 0 radical (unpaired) electrons. The molecule has 0 saturated heterocycles. The van der Waals surface area contributed by atoms with Crippen molar-refractivity contribution in [3.8, 4) is 11.5 Å². The predicted octanol–water partition coefficient (Wildman–Crippen LogP) is 3.02. The number of benzene rings is 2. The summed E-state index contributed by atoms with van der Waals surface area (Å²) in [6, 6.07) is 12.6. The van der Waals surface area contributed by atoms with E-state index >= 15 is 0 Å². The predicted molar refractivity (Wildman–Crippen MR) is 86.8 cm³/mol. The molecule has 0 aliphatic heterocycles. The van der Waals surface area contributed by atoms with Crippen molar-refractivity contribution >= 4 is 11.9 Å². The zero-order valence-electron chi connectivity index (χ0n) is 13.4. The van der Waals surface area contributed by atoms with Crippen LogP contribution in [0, 0.1) is 0 Å². The zero-order chi connectivity index (χ0) is 17.5. The van der Waals surface area contributed by atoms with Crippen molar-refractivity contribution in [2.24, 2.45) is 0 Å². The van der Waals surface area contributed by atoms with E-state index in [-0.39, 0.29) is 23.2 Å². The van der Waals surface area contributed by atoms with Crippen molar-refractivity contribution in [3.63, 3.8) is 0 Å². The number of methoxy groups -OCH3 is 1. The highest BCUT2D eigenvalue weighted by Gasteiger charge is 2.14. The Kier molecular flexibility index (Phi) is 5.92. The first-order chi connectivity index (χ1) is 11.5. The number of carbonyl (C=O) groups is 2. The molecule has 0 heterocycles. The number of carbonyl (C=O) groups excluding carboxylic acids is 1. The van der Waals surface area contributed by atoms with Gasteiger partial charge in [-0.2, -0.15) is 0 Å². The summed E-state index contributed by atoms with van der Waals surface area (Å²) in [4.78, 5) is 23.4. The van der Waals surface area contributed by atoms with Gasteiger partial charge in [-0.25, -0.2) is 9.59 Å². The summed E-state index contributed by atoms with van der Waals surface area (Å²) >= 11 is 0. The molecule has 0 aliphatic rings. The second-order valence-electron chi connectivity index (χ2n) is 5.14. The molecule has 0 bridgehead atoms. The number of carboxylic acid groups (broad SMARTS) is 1. The first-order valence-corrected chi connectivity index (χ1v) is 7.31. The van der Waals surface area contributed by atoms with E-state index in [0.29, 0.717) is 12.2 Å². The van der Waals surface area contributed by atoms with Crippen molar-refractivity contribution in [1.82, 2.24) is 0 Å². The fraction of sp³-hybridized carbons (Fsp3) is 0.222. The lowest BCUT2D eigenvalue weighted by Gasteiger charge is -2.15. The summed E-state index contributed by atoms with van der Waals surface area (Å²) in [5.41, 5.74) is 0.335. The van der Waals surface area contributed by atoms with E-state index in [0.717, 1.165) is 0 Å². The lowest BCUT2D eigenvalue weighted by molar-refractivity contribution is 0.0683. The molecule has 0 amide bonds. The van der Waals surface area contributed by atoms with Gasteiger partial charge in [0.25, 0.3) is 0 Å². The molecule has 2 aromatic carbocycles. The Bertz CT molecular complexity index is 711. The second-order valence-corrected chi connectivity index (χ2v) is 5.14. The highest BCUT2D eigenvalue weighted by Crippen LogP contribution is 2.25. The first-order valence-electron chi connectivity index (χ1n) is 7.31. The summed E-state index contributed by atoms with van der Waals surface area (Å²) in [5, 5.41) is 9.20. The lowest BCUT2D eigenvalue weighted by Crippen LogP contribution is -2.18. The van der Waals surface area contributed by atoms with Crippen LogP contribution in [0.4, 0.5) is 0 Å². The van der Waals surface area contributed by atoms with E-state index in [4.69, 9.17) is 14.2 Å². The number of rotatable bonds is 7. The number of esters is 1. The molecule has 2 rings (SSSR count). The highest BCUT2D eigenvalue weighted by atomic mass is 16.5. The minimum Gasteiger partial charge on any atom is -0.488 e. The van der Waals surface area contributed by atoms with Crippen molar-refractivity contribution < 1.29 is 28.9 Å². The second kappa shape index (κ2) is 8.12. The maximum absolute atomic E-state index is 12.1. The fourth-order valence-electron chi connectivity index (χ4n) is 2.06. The zero-order valence-corrected chi connectivity index (χ0v) is 13.4. The van der Waals surface area contributed by atoms with Crippen LogP contribution in [-0.4, -0.2) is 36.9 Å². The quantitative estimate of drug-likeness (QED) is 0.621. The maximum Gasteiger partial charge on any atom is 0.343 e. The normalized spacial score (nSPS) is 11.6. The van der Waals surface area contributed by atoms with Gasteiger partial charge >= 0.3 is 11.9 Å². The molecular formula is C18H18O6. The van der Waals surface area contributed by atoms with Crippen LogP contribution >= 0.6 is 0 Å². The van der Waals surface area contributed by atoms with E-state index in [1.807, 2.05) is 0 Å². The molecule has 0 unspecified atom stereocenters. The molecule has 1 atom stereocenters. The lowest BCUT2D eigenvalue weighted by atomic mass is 10.2. The van der Waals surface area contributed by atoms with Crippen molar-refractivity contribution in [2.45, 2.75) is 13.0 Å². The summed E-state index contributed by atoms with van der Waals surface area (Å²) in [5.74, 6) is -1.33. The average Bonchev–Trinajstić information content (AvgIpc) is 2.55. The summed E-state index contributed by atoms with van der Waals surface area (Å²) in [7, 11) is 1.54. The minimum absolute atomic E-state index is 0.0343. The monoisotopic (exact) mass is 330 g/mol. The molecule has 6 nitrogen and oxygen atoms in total. The number of aromatic carboxylic acids is 1. The van der Waals surface area contributed by atoms with Gasteiger partial charge in [-0.3, -0.25) is 0 Å². The average molecular weight is 330 g/mol. The smallest absolute Gasteiger partial charge is 0.343 e. The molecule has 126 valence electrons. The third kappa shape index (κ3) is 4.82. The molecular weight excluding hydrogens is 312 g/mol. The van der Waals surface area contributed by atoms with Crippen LogP contribution in [-0.2, 0) is 4.74 Å². The maximum atomic E-state index is 12.1. The molecule has 0 fully saturated rings. The summed E-state index contributed by atoms with van der Waals surface area (Å²) < 4.78 is 15.8.